The number of carbonyl (C=O) groups is 2. The minimum absolute atomic E-state index is 0.0915. The minimum Gasteiger partial charge on any atom is -0.372 e. The summed E-state index contributed by atoms with van der Waals surface area (Å²) in [5.74, 6) is 0.461. The highest BCUT2D eigenvalue weighted by molar-refractivity contribution is 8.00. The van der Waals surface area contributed by atoms with Crippen LogP contribution in [0.3, 0.4) is 0 Å². The fourth-order valence-corrected chi connectivity index (χ4v) is 3.26. The Labute approximate surface area is 135 Å². The van der Waals surface area contributed by atoms with E-state index in [0.29, 0.717) is 18.8 Å². The summed E-state index contributed by atoms with van der Waals surface area (Å²) >= 11 is 1.51. The number of thioether (sulfide) groups is 1. The van der Waals surface area contributed by atoms with Crippen LogP contribution in [0.2, 0.25) is 0 Å². The number of rotatable bonds is 4. The van der Waals surface area contributed by atoms with Gasteiger partial charge in [0.25, 0.3) is 0 Å². The van der Waals surface area contributed by atoms with Gasteiger partial charge in [0, 0.05) is 30.6 Å². The van der Waals surface area contributed by atoms with E-state index in [4.69, 9.17) is 4.74 Å². The summed E-state index contributed by atoms with van der Waals surface area (Å²) in [6.07, 6.45) is 0.185. The van der Waals surface area contributed by atoms with Gasteiger partial charge in [-0.2, -0.15) is 0 Å². The van der Waals surface area contributed by atoms with E-state index in [2.05, 4.69) is 5.32 Å². The van der Waals surface area contributed by atoms with Crippen LogP contribution in [0, 0.1) is 0 Å². The molecule has 1 saturated heterocycles. The fraction of sp³-hybridized carbons (Fsp3) is 0.500. The number of hydrogen-bond acceptors (Lipinski definition) is 4. The summed E-state index contributed by atoms with van der Waals surface area (Å²) in [4.78, 5) is 26.1. The van der Waals surface area contributed by atoms with E-state index >= 15 is 0 Å². The molecular weight excluding hydrogens is 300 g/mol. The third kappa shape index (κ3) is 5.03. The third-order valence-corrected chi connectivity index (χ3v) is 4.31. The lowest BCUT2D eigenvalue weighted by molar-refractivity contribution is -0.140. The molecule has 2 atom stereocenters. The predicted molar refractivity (Wildman–Crippen MR) is 88.1 cm³/mol. The van der Waals surface area contributed by atoms with Crippen LogP contribution in [-0.2, 0) is 14.3 Å². The predicted octanol–water partition coefficient (Wildman–Crippen LogP) is 2.37. The molecule has 1 fully saturated rings. The molecule has 1 aliphatic rings. The molecule has 2 amide bonds. The van der Waals surface area contributed by atoms with Crippen molar-refractivity contribution in [1.82, 2.24) is 4.90 Å². The van der Waals surface area contributed by atoms with Crippen molar-refractivity contribution < 1.29 is 14.3 Å². The maximum absolute atomic E-state index is 12.3. The zero-order chi connectivity index (χ0) is 16.1. The monoisotopic (exact) mass is 322 g/mol. The van der Waals surface area contributed by atoms with Crippen LogP contribution in [0.25, 0.3) is 0 Å². The van der Waals surface area contributed by atoms with E-state index in [1.54, 1.807) is 0 Å². The SMILES string of the molecule is CC(=O)Nc1ccc(SCC(=O)N2C[C@H](C)O[C@@H](C)C2)cc1. The normalized spacial score (nSPS) is 21.5. The molecule has 0 aromatic heterocycles. The summed E-state index contributed by atoms with van der Waals surface area (Å²) in [6.45, 7) is 6.77. The molecule has 0 unspecified atom stereocenters. The highest BCUT2D eigenvalue weighted by Crippen LogP contribution is 2.21. The number of ether oxygens (including phenoxy) is 1. The number of nitrogens with zero attached hydrogens (tertiary/aromatic N) is 1. The molecule has 0 bridgehead atoms. The first-order valence-electron chi connectivity index (χ1n) is 7.37. The van der Waals surface area contributed by atoms with Gasteiger partial charge < -0.3 is 15.0 Å². The third-order valence-electron chi connectivity index (χ3n) is 3.31. The van der Waals surface area contributed by atoms with E-state index in [1.165, 1.54) is 18.7 Å². The maximum atomic E-state index is 12.3. The van der Waals surface area contributed by atoms with Crippen molar-refractivity contribution in [3.8, 4) is 0 Å². The second-order valence-electron chi connectivity index (χ2n) is 5.55. The van der Waals surface area contributed by atoms with Crippen LogP contribution in [0.1, 0.15) is 20.8 Å². The highest BCUT2D eigenvalue weighted by atomic mass is 32.2. The lowest BCUT2D eigenvalue weighted by Gasteiger charge is -2.35. The highest BCUT2D eigenvalue weighted by Gasteiger charge is 2.25. The van der Waals surface area contributed by atoms with Gasteiger partial charge in [-0.25, -0.2) is 0 Å². The Morgan fingerprint density at radius 1 is 1.23 bits per heavy atom. The Hall–Kier alpha value is -1.53. The number of benzene rings is 1. The van der Waals surface area contributed by atoms with Gasteiger partial charge in [0.05, 0.1) is 18.0 Å². The minimum atomic E-state index is -0.0915. The Balaban J connectivity index is 1.84. The summed E-state index contributed by atoms with van der Waals surface area (Å²) < 4.78 is 5.64. The summed E-state index contributed by atoms with van der Waals surface area (Å²) in [5, 5.41) is 2.72. The molecule has 0 radical (unpaired) electrons. The van der Waals surface area contributed by atoms with E-state index in [0.717, 1.165) is 10.6 Å². The van der Waals surface area contributed by atoms with Gasteiger partial charge in [0.2, 0.25) is 11.8 Å². The molecule has 5 nitrogen and oxygen atoms in total. The average Bonchev–Trinajstić information content (AvgIpc) is 2.44. The first-order chi connectivity index (χ1) is 10.4. The van der Waals surface area contributed by atoms with Crippen LogP contribution in [0.4, 0.5) is 5.69 Å². The van der Waals surface area contributed by atoms with Crippen LogP contribution < -0.4 is 5.32 Å². The number of hydrogen-bond donors (Lipinski definition) is 1. The smallest absolute Gasteiger partial charge is 0.233 e. The topological polar surface area (TPSA) is 58.6 Å². The van der Waals surface area contributed by atoms with Crippen molar-refractivity contribution in [1.29, 1.82) is 0 Å². The molecule has 0 spiro atoms. The largest absolute Gasteiger partial charge is 0.372 e. The van der Waals surface area contributed by atoms with E-state index < -0.39 is 0 Å². The average molecular weight is 322 g/mol. The van der Waals surface area contributed by atoms with Crippen LogP contribution >= 0.6 is 11.8 Å². The Morgan fingerprint density at radius 2 is 1.82 bits per heavy atom. The zero-order valence-corrected chi connectivity index (χ0v) is 14.0. The van der Waals surface area contributed by atoms with Crippen molar-refractivity contribution in [2.75, 3.05) is 24.2 Å². The zero-order valence-electron chi connectivity index (χ0n) is 13.2. The van der Waals surface area contributed by atoms with Gasteiger partial charge in [0.15, 0.2) is 0 Å². The van der Waals surface area contributed by atoms with Crippen LogP contribution in [0.15, 0.2) is 29.2 Å². The number of amides is 2. The van der Waals surface area contributed by atoms with Gasteiger partial charge in [-0.15, -0.1) is 11.8 Å². The second-order valence-corrected chi connectivity index (χ2v) is 6.60. The molecule has 120 valence electrons. The molecule has 1 aromatic carbocycles. The molecule has 2 rings (SSSR count). The first kappa shape index (κ1) is 16.8. The Kier molecular flexibility index (Phi) is 5.85. The summed E-state index contributed by atoms with van der Waals surface area (Å²) in [7, 11) is 0. The molecule has 1 aliphatic heterocycles. The summed E-state index contributed by atoms with van der Waals surface area (Å²) in [6, 6.07) is 7.50. The fourth-order valence-electron chi connectivity index (χ4n) is 2.46. The van der Waals surface area contributed by atoms with E-state index in [1.807, 2.05) is 43.0 Å². The molecule has 0 aliphatic carbocycles. The standard InChI is InChI=1S/C16H22N2O3S/c1-11-8-18(9-12(2)21-11)16(20)10-22-15-6-4-14(5-7-15)17-13(3)19/h4-7,11-12H,8-10H2,1-3H3,(H,17,19)/t11-,12-/m0/s1. The van der Waals surface area contributed by atoms with Crippen molar-refractivity contribution in [2.45, 2.75) is 37.9 Å². The van der Waals surface area contributed by atoms with Gasteiger partial charge >= 0.3 is 0 Å². The lowest BCUT2D eigenvalue weighted by Crippen LogP contribution is -2.48. The Morgan fingerprint density at radius 3 is 2.36 bits per heavy atom. The van der Waals surface area contributed by atoms with Crippen molar-refractivity contribution in [2.24, 2.45) is 0 Å². The quantitative estimate of drug-likeness (QED) is 0.865. The molecule has 1 heterocycles. The number of carbonyl (C=O) groups excluding carboxylic acids is 2. The van der Waals surface area contributed by atoms with Gasteiger partial charge in [0.1, 0.15) is 0 Å². The molecule has 1 N–H and O–H groups in total. The molecule has 0 saturated carbocycles. The number of anilines is 1. The first-order valence-corrected chi connectivity index (χ1v) is 8.36. The number of nitrogens with one attached hydrogen (secondary N) is 1. The molecule has 1 aromatic rings. The summed E-state index contributed by atoms with van der Waals surface area (Å²) in [5.41, 5.74) is 0.763. The van der Waals surface area contributed by atoms with Crippen LogP contribution in [-0.4, -0.2) is 47.8 Å². The Bertz CT molecular complexity index is 523. The molecule has 6 heteroatoms. The van der Waals surface area contributed by atoms with Gasteiger partial charge in [-0.1, -0.05) is 0 Å². The van der Waals surface area contributed by atoms with Gasteiger partial charge in [-0.3, -0.25) is 9.59 Å². The van der Waals surface area contributed by atoms with E-state index in [-0.39, 0.29) is 24.0 Å². The second kappa shape index (κ2) is 7.65. The maximum Gasteiger partial charge on any atom is 0.233 e. The van der Waals surface area contributed by atoms with Crippen molar-refractivity contribution in [3.05, 3.63) is 24.3 Å². The molecule has 22 heavy (non-hydrogen) atoms. The van der Waals surface area contributed by atoms with Crippen molar-refractivity contribution in [3.63, 3.8) is 0 Å². The number of morpholine rings is 1. The van der Waals surface area contributed by atoms with Crippen LogP contribution in [0.5, 0.6) is 0 Å². The van der Waals surface area contributed by atoms with Gasteiger partial charge in [-0.05, 0) is 38.1 Å². The van der Waals surface area contributed by atoms with E-state index in [9.17, 15) is 9.59 Å². The lowest BCUT2D eigenvalue weighted by atomic mass is 10.2. The molecular formula is C16H22N2O3S. The van der Waals surface area contributed by atoms with Crippen molar-refractivity contribution >= 4 is 29.3 Å².